The molecule has 3 amide bonds. The zero-order valence-electron chi connectivity index (χ0n) is 33.4. The van der Waals surface area contributed by atoms with Gasteiger partial charge in [0, 0.05) is 21.5 Å². The second-order valence-corrected chi connectivity index (χ2v) is 15.3. The monoisotopic (exact) mass is 814 g/mol. The summed E-state index contributed by atoms with van der Waals surface area (Å²) >= 11 is 1.22. The second kappa shape index (κ2) is 21.4. The number of aromatic hydroxyl groups is 1. The molecule has 14 heteroatoms. The van der Waals surface area contributed by atoms with Gasteiger partial charge < -0.3 is 20.5 Å². The first kappa shape index (κ1) is 42.2. The highest BCUT2D eigenvalue weighted by molar-refractivity contribution is 7.99. The summed E-state index contributed by atoms with van der Waals surface area (Å²) in [6.07, 6.45) is 12.8. The van der Waals surface area contributed by atoms with E-state index in [0.29, 0.717) is 67.9 Å². The summed E-state index contributed by atoms with van der Waals surface area (Å²) in [5.41, 5.74) is 8.75. The zero-order valence-corrected chi connectivity index (χ0v) is 34.2. The molecule has 1 aromatic heterocycles. The van der Waals surface area contributed by atoms with Crippen molar-refractivity contribution >= 4 is 57.8 Å². The van der Waals surface area contributed by atoms with Crippen LogP contribution < -0.4 is 26.2 Å². The van der Waals surface area contributed by atoms with Crippen molar-refractivity contribution in [1.82, 2.24) is 25.6 Å². The summed E-state index contributed by atoms with van der Waals surface area (Å²) in [6, 6.07) is 28.3. The van der Waals surface area contributed by atoms with Gasteiger partial charge in [-0.3, -0.25) is 25.2 Å². The lowest BCUT2D eigenvalue weighted by Gasteiger charge is -2.16. The van der Waals surface area contributed by atoms with Crippen molar-refractivity contribution in [2.24, 2.45) is 0 Å². The Labute approximate surface area is 348 Å². The lowest BCUT2D eigenvalue weighted by Crippen LogP contribution is -2.18. The van der Waals surface area contributed by atoms with Crippen molar-refractivity contribution in [3.8, 4) is 17.2 Å². The van der Waals surface area contributed by atoms with Gasteiger partial charge in [-0.25, -0.2) is 0 Å². The highest BCUT2D eigenvalue weighted by Crippen LogP contribution is 2.40. The fraction of sp³-hybridized carbons (Fsp3) is 0.289. The summed E-state index contributed by atoms with van der Waals surface area (Å²) < 4.78 is 7.68. The molecule has 0 saturated carbocycles. The van der Waals surface area contributed by atoms with Crippen molar-refractivity contribution < 1.29 is 24.2 Å². The number of nitrogens with zero attached hydrogens (tertiary/aromatic N) is 4. The number of benzene rings is 5. The first-order valence-electron chi connectivity index (χ1n) is 20.1. The number of hydrogen-bond donors (Lipinski definition) is 5. The molecule has 5 aromatic carbocycles. The third-order valence-corrected chi connectivity index (χ3v) is 10.8. The largest absolute Gasteiger partial charge is 0.506 e. The molecule has 0 saturated heterocycles. The highest BCUT2D eigenvalue weighted by atomic mass is 32.2. The van der Waals surface area contributed by atoms with Crippen molar-refractivity contribution in [3.05, 3.63) is 114 Å². The van der Waals surface area contributed by atoms with Gasteiger partial charge in [0.2, 0.25) is 11.6 Å². The van der Waals surface area contributed by atoms with Gasteiger partial charge in [-0.2, -0.15) is 4.68 Å². The van der Waals surface area contributed by atoms with Gasteiger partial charge >= 0.3 is 0 Å². The molecule has 0 radical (unpaired) electrons. The molecule has 6 aromatic rings. The van der Waals surface area contributed by atoms with Crippen LogP contribution in [0.25, 0.3) is 16.5 Å². The van der Waals surface area contributed by atoms with E-state index in [1.807, 2.05) is 37.3 Å². The number of ether oxygens (including phenoxy) is 1. The van der Waals surface area contributed by atoms with E-state index in [2.05, 4.69) is 43.9 Å². The van der Waals surface area contributed by atoms with E-state index in [1.54, 1.807) is 66.7 Å². The molecule has 0 spiro atoms. The Morgan fingerprint density at radius 1 is 0.780 bits per heavy atom. The minimum atomic E-state index is -0.494. The van der Waals surface area contributed by atoms with Gasteiger partial charge in [-0.1, -0.05) is 101 Å². The topological polar surface area (TPSA) is 172 Å². The lowest BCUT2D eigenvalue weighted by atomic mass is 10.0. The highest BCUT2D eigenvalue weighted by Gasteiger charge is 2.21. The molecule has 306 valence electrons. The molecule has 6 rings (SSSR count). The van der Waals surface area contributed by atoms with Crippen LogP contribution in [0.15, 0.2) is 107 Å². The Kier molecular flexibility index (Phi) is 15.3. The van der Waals surface area contributed by atoms with E-state index < -0.39 is 5.91 Å². The van der Waals surface area contributed by atoms with Gasteiger partial charge in [0.05, 0.1) is 29.2 Å². The molecule has 0 aliphatic carbocycles. The maximum atomic E-state index is 14.0. The summed E-state index contributed by atoms with van der Waals surface area (Å²) in [5, 5.41) is 31.3. The van der Waals surface area contributed by atoms with E-state index in [1.165, 1.54) is 67.8 Å². The average molecular weight is 815 g/mol. The zero-order chi connectivity index (χ0) is 41.4. The predicted molar refractivity (Wildman–Crippen MR) is 233 cm³/mol. The third-order valence-electron chi connectivity index (χ3n) is 9.77. The normalized spacial score (nSPS) is 10.9. The molecule has 13 nitrogen and oxygen atoms in total. The van der Waals surface area contributed by atoms with Crippen LogP contribution in [0.5, 0.6) is 11.5 Å². The van der Waals surface area contributed by atoms with Gasteiger partial charge in [0.1, 0.15) is 11.5 Å². The van der Waals surface area contributed by atoms with Crippen LogP contribution in [0.4, 0.5) is 17.1 Å². The van der Waals surface area contributed by atoms with Gasteiger partial charge in [-0.15, -0.1) is 5.10 Å². The SMILES string of the molecule is CCCCCCCCCCCCOc1ccc(C)cc1NC(=O)c1cc(Sc2nnnn2-c2cccc(C(=O)Nc3ccc(NNC=O)cc3)c2)c2ccccc2c1O. The fourth-order valence-electron chi connectivity index (χ4n) is 6.65. The standard InChI is InChI=1S/C45H50N8O5S/c1-3-4-5-6-7-8-9-10-11-14-26-58-40-25-20-31(2)27-39(40)48-44(57)38-29-41(36-18-12-13-19-37(36)42(38)55)59-45-50-51-52-53(45)35-17-15-16-32(28-35)43(56)47-33-21-23-34(24-22-33)49-46-30-54/h12-13,15-25,27-30,49,55H,3-11,14,26H2,1-2H3,(H,46,54)(H,47,56)(H,48,57). The number of carbonyl (C=O) groups is 3. The Bertz CT molecular complexity index is 2350. The van der Waals surface area contributed by atoms with E-state index in [4.69, 9.17) is 4.74 Å². The Balaban J connectivity index is 1.14. The van der Waals surface area contributed by atoms with Gasteiger partial charge in [-0.05, 0) is 107 Å². The number of amides is 3. The van der Waals surface area contributed by atoms with E-state index in [0.717, 1.165) is 18.4 Å². The molecule has 1 heterocycles. The number of tetrazole rings is 1. The first-order valence-corrected chi connectivity index (χ1v) is 20.9. The molecule has 0 unspecified atom stereocenters. The number of hydrazine groups is 1. The smallest absolute Gasteiger partial charge is 0.259 e. The van der Waals surface area contributed by atoms with Crippen LogP contribution in [0.1, 0.15) is 97.4 Å². The van der Waals surface area contributed by atoms with Crippen LogP contribution in [-0.2, 0) is 4.79 Å². The van der Waals surface area contributed by atoms with Crippen LogP contribution in [0.2, 0.25) is 0 Å². The number of nitrogens with one attached hydrogen (secondary N) is 4. The maximum absolute atomic E-state index is 14.0. The molecule has 5 N–H and O–H groups in total. The van der Waals surface area contributed by atoms with Crippen molar-refractivity contribution in [2.45, 2.75) is 88.1 Å². The summed E-state index contributed by atoms with van der Waals surface area (Å²) in [6.45, 7) is 4.73. The molecule has 0 aliphatic rings. The van der Waals surface area contributed by atoms with Gasteiger partial charge in [0.15, 0.2) is 0 Å². The van der Waals surface area contributed by atoms with Crippen LogP contribution in [0.3, 0.4) is 0 Å². The number of carbonyl (C=O) groups excluding carboxylic acids is 3. The maximum Gasteiger partial charge on any atom is 0.259 e. The van der Waals surface area contributed by atoms with Crippen molar-refractivity contribution in [3.63, 3.8) is 0 Å². The molecule has 59 heavy (non-hydrogen) atoms. The Morgan fingerprint density at radius 2 is 1.49 bits per heavy atom. The van der Waals surface area contributed by atoms with Crippen LogP contribution >= 0.6 is 11.8 Å². The van der Waals surface area contributed by atoms with E-state index in [-0.39, 0.29) is 17.2 Å². The number of phenols is 1. The predicted octanol–water partition coefficient (Wildman–Crippen LogP) is 9.86. The molecular weight excluding hydrogens is 765 g/mol. The summed E-state index contributed by atoms with van der Waals surface area (Å²) in [5.74, 6) is -0.415. The summed E-state index contributed by atoms with van der Waals surface area (Å²) in [7, 11) is 0. The fourth-order valence-corrected chi connectivity index (χ4v) is 7.61. The number of hydrogen-bond acceptors (Lipinski definition) is 10. The van der Waals surface area contributed by atoms with Crippen molar-refractivity contribution in [1.29, 1.82) is 0 Å². The molecule has 0 aliphatic heterocycles. The molecular formula is C45H50N8O5S. The third kappa shape index (κ3) is 11.6. The number of unbranched alkanes of at least 4 members (excludes halogenated alkanes) is 9. The minimum absolute atomic E-state index is 0.0786. The lowest BCUT2D eigenvalue weighted by molar-refractivity contribution is -0.109. The Hall–Kier alpha value is -6.41. The number of rotatable bonds is 22. The van der Waals surface area contributed by atoms with Crippen molar-refractivity contribution in [2.75, 3.05) is 22.7 Å². The minimum Gasteiger partial charge on any atom is -0.506 e. The van der Waals surface area contributed by atoms with Gasteiger partial charge in [0.25, 0.3) is 11.8 Å². The number of aromatic nitrogens is 4. The average Bonchev–Trinajstić information content (AvgIpc) is 3.72. The number of aryl methyl sites for hydroxylation is 1. The summed E-state index contributed by atoms with van der Waals surface area (Å²) in [4.78, 5) is 38.4. The first-order chi connectivity index (χ1) is 28.8. The van der Waals surface area contributed by atoms with Crippen LogP contribution in [-0.4, -0.2) is 50.1 Å². The van der Waals surface area contributed by atoms with Crippen LogP contribution in [0, 0.1) is 6.92 Å². The second-order valence-electron chi connectivity index (χ2n) is 14.2. The number of anilines is 3. The molecule has 0 atom stereocenters. The van der Waals surface area contributed by atoms with E-state index in [9.17, 15) is 19.5 Å². The van der Waals surface area contributed by atoms with E-state index >= 15 is 0 Å². The molecule has 0 fully saturated rings. The number of fused-ring (bicyclic) bond motifs is 1. The number of phenolic OH excluding ortho intramolecular Hbond substituents is 1. The Morgan fingerprint density at radius 3 is 2.24 bits per heavy atom. The molecule has 0 bridgehead atoms. The quantitative estimate of drug-likeness (QED) is 0.0252.